The number of para-hydroxylation sites is 1. The van der Waals surface area contributed by atoms with E-state index in [0.717, 1.165) is 0 Å². The molecule has 1 N–H and O–H groups in total. The summed E-state index contributed by atoms with van der Waals surface area (Å²) in [5, 5.41) is 13.8. The van der Waals surface area contributed by atoms with Gasteiger partial charge in [0.05, 0.1) is 11.5 Å². The molecule has 0 spiro atoms. The zero-order valence-corrected chi connectivity index (χ0v) is 10.1. The van der Waals surface area contributed by atoms with Crippen molar-refractivity contribution in [1.82, 2.24) is 0 Å². The Morgan fingerprint density at radius 3 is 2.76 bits per heavy atom. The predicted octanol–water partition coefficient (Wildman–Crippen LogP) is 2.05. The SMILES string of the molecule is CNc1cccc(OC(C)COC)c1[N+](=O)[O-]. The van der Waals surface area contributed by atoms with Crippen LogP contribution >= 0.6 is 0 Å². The molecule has 0 aromatic heterocycles. The number of rotatable bonds is 6. The second-order valence-electron chi connectivity index (χ2n) is 3.54. The number of nitrogens with one attached hydrogen (secondary N) is 1. The van der Waals surface area contributed by atoms with E-state index in [0.29, 0.717) is 12.3 Å². The Labute approximate surface area is 99.7 Å². The predicted molar refractivity (Wildman–Crippen MR) is 64.6 cm³/mol. The third-order valence-electron chi connectivity index (χ3n) is 2.18. The topological polar surface area (TPSA) is 73.6 Å². The van der Waals surface area contributed by atoms with Crippen molar-refractivity contribution >= 4 is 11.4 Å². The van der Waals surface area contributed by atoms with Gasteiger partial charge in [-0.05, 0) is 19.1 Å². The number of hydrogen-bond donors (Lipinski definition) is 1. The van der Waals surface area contributed by atoms with Gasteiger partial charge < -0.3 is 14.8 Å². The van der Waals surface area contributed by atoms with E-state index in [9.17, 15) is 10.1 Å². The molecule has 0 radical (unpaired) electrons. The van der Waals surface area contributed by atoms with Gasteiger partial charge in [-0.1, -0.05) is 6.07 Å². The molecule has 0 saturated heterocycles. The molecule has 0 amide bonds. The summed E-state index contributed by atoms with van der Waals surface area (Å²) in [5.41, 5.74) is 0.370. The van der Waals surface area contributed by atoms with Crippen LogP contribution in [0.15, 0.2) is 18.2 Å². The van der Waals surface area contributed by atoms with Crippen LogP contribution in [0.25, 0.3) is 0 Å². The maximum absolute atomic E-state index is 11.0. The van der Waals surface area contributed by atoms with E-state index in [4.69, 9.17) is 9.47 Å². The van der Waals surface area contributed by atoms with Gasteiger partial charge in [-0.2, -0.15) is 0 Å². The Morgan fingerprint density at radius 1 is 1.53 bits per heavy atom. The zero-order chi connectivity index (χ0) is 12.8. The van der Waals surface area contributed by atoms with Gasteiger partial charge in [0.1, 0.15) is 11.8 Å². The Balaban J connectivity index is 3.02. The van der Waals surface area contributed by atoms with Crippen molar-refractivity contribution in [1.29, 1.82) is 0 Å². The van der Waals surface area contributed by atoms with Crippen LogP contribution in [0.3, 0.4) is 0 Å². The second kappa shape index (κ2) is 6.05. The lowest BCUT2D eigenvalue weighted by Crippen LogP contribution is -2.18. The second-order valence-corrected chi connectivity index (χ2v) is 3.54. The number of methoxy groups -OCH3 is 1. The summed E-state index contributed by atoms with van der Waals surface area (Å²) < 4.78 is 10.4. The summed E-state index contributed by atoms with van der Waals surface area (Å²) in [7, 11) is 3.18. The van der Waals surface area contributed by atoms with Crippen molar-refractivity contribution in [3.8, 4) is 5.75 Å². The van der Waals surface area contributed by atoms with Crippen LogP contribution in [-0.2, 0) is 4.74 Å². The van der Waals surface area contributed by atoms with Gasteiger partial charge in [-0.15, -0.1) is 0 Å². The first-order valence-corrected chi connectivity index (χ1v) is 5.21. The van der Waals surface area contributed by atoms with Gasteiger partial charge in [0.15, 0.2) is 5.75 Å². The summed E-state index contributed by atoms with van der Waals surface area (Å²) in [4.78, 5) is 10.5. The molecule has 1 rings (SSSR count). The number of benzene rings is 1. The molecule has 0 heterocycles. The third-order valence-corrected chi connectivity index (χ3v) is 2.18. The van der Waals surface area contributed by atoms with E-state index in [1.54, 1.807) is 39.3 Å². The Bertz CT molecular complexity index is 395. The van der Waals surface area contributed by atoms with Crippen molar-refractivity contribution in [2.75, 3.05) is 26.1 Å². The van der Waals surface area contributed by atoms with Crippen LogP contribution in [-0.4, -0.2) is 31.8 Å². The van der Waals surface area contributed by atoms with Crippen molar-refractivity contribution in [2.45, 2.75) is 13.0 Å². The largest absolute Gasteiger partial charge is 0.481 e. The average molecular weight is 240 g/mol. The lowest BCUT2D eigenvalue weighted by molar-refractivity contribution is -0.385. The molecule has 1 aromatic carbocycles. The highest BCUT2D eigenvalue weighted by molar-refractivity contribution is 5.68. The van der Waals surface area contributed by atoms with E-state index in [1.807, 2.05) is 0 Å². The Morgan fingerprint density at radius 2 is 2.24 bits per heavy atom. The Hall–Kier alpha value is -1.82. The van der Waals surface area contributed by atoms with Crippen LogP contribution in [0.2, 0.25) is 0 Å². The first-order valence-electron chi connectivity index (χ1n) is 5.21. The minimum absolute atomic E-state index is 0.0575. The number of anilines is 1. The highest BCUT2D eigenvalue weighted by atomic mass is 16.6. The van der Waals surface area contributed by atoms with Gasteiger partial charge in [0.25, 0.3) is 0 Å². The van der Waals surface area contributed by atoms with Crippen LogP contribution in [0, 0.1) is 10.1 Å². The number of ether oxygens (including phenoxy) is 2. The molecule has 1 unspecified atom stereocenters. The van der Waals surface area contributed by atoms with Crippen molar-refractivity contribution in [2.24, 2.45) is 0 Å². The van der Waals surface area contributed by atoms with Crippen LogP contribution in [0.5, 0.6) is 5.75 Å². The maximum atomic E-state index is 11.0. The first-order chi connectivity index (χ1) is 8.10. The maximum Gasteiger partial charge on any atom is 0.333 e. The number of nitro groups is 1. The summed E-state index contributed by atoms with van der Waals surface area (Å²) in [6, 6.07) is 4.91. The molecule has 0 fully saturated rings. The molecule has 6 nitrogen and oxygen atoms in total. The average Bonchev–Trinajstić information content (AvgIpc) is 2.28. The van der Waals surface area contributed by atoms with Crippen LogP contribution < -0.4 is 10.1 Å². The van der Waals surface area contributed by atoms with E-state index >= 15 is 0 Å². The monoisotopic (exact) mass is 240 g/mol. The normalized spacial score (nSPS) is 11.9. The minimum Gasteiger partial charge on any atom is -0.481 e. The van der Waals surface area contributed by atoms with Gasteiger partial charge in [-0.3, -0.25) is 10.1 Å². The lowest BCUT2D eigenvalue weighted by atomic mass is 10.2. The third kappa shape index (κ3) is 3.32. The molecule has 1 aromatic rings. The molecule has 94 valence electrons. The molecule has 17 heavy (non-hydrogen) atoms. The van der Waals surface area contributed by atoms with Crippen LogP contribution in [0.1, 0.15) is 6.92 Å². The van der Waals surface area contributed by atoms with Crippen molar-refractivity contribution in [3.05, 3.63) is 28.3 Å². The minimum atomic E-state index is -0.458. The van der Waals surface area contributed by atoms with Crippen molar-refractivity contribution < 1.29 is 14.4 Å². The molecule has 6 heteroatoms. The smallest absolute Gasteiger partial charge is 0.333 e. The molecule has 0 aliphatic carbocycles. The number of hydrogen-bond acceptors (Lipinski definition) is 5. The van der Waals surface area contributed by atoms with E-state index in [2.05, 4.69) is 5.32 Å². The highest BCUT2D eigenvalue weighted by Gasteiger charge is 2.21. The molecule has 0 saturated carbocycles. The standard InChI is InChI=1S/C11H16N2O4/c1-8(7-16-3)17-10-6-4-5-9(12-2)11(10)13(14)15/h4-6,8,12H,7H2,1-3H3. The van der Waals surface area contributed by atoms with Gasteiger partial charge in [0, 0.05) is 14.2 Å². The van der Waals surface area contributed by atoms with Gasteiger partial charge in [-0.25, -0.2) is 0 Å². The van der Waals surface area contributed by atoms with Gasteiger partial charge in [0.2, 0.25) is 0 Å². The summed E-state index contributed by atoms with van der Waals surface area (Å²) in [5.74, 6) is 0.242. The summed E-state index contributed by atoms with van der Waals surface area (Å²) in [6.07, 6.45) is -0.245. The zero-order valence-electron chi connectivity index (χ0n) is 10.1. The first kappa shape index (κ1) is 13.2. The molecule has 0 aliphatic heterocycles. The van der Waals surface area contributed by atoms with Crippen LogP contribution in [0.4, 0.5) is 11.4 Å². The molecule has 0 aliphatic rings. The highest BCUT2D eigenvalue weighted by Crippen LogP contribution is 2.34. The molecular formula is C11H16N2O4. The van der Waals surface area contributed by atoms with E-state index in [-0.39, 0.29) is 17.5 Å². The Kier molecular flexibility index (Phi) is 4.71. The van der Waals surface area contributed by atoms with E-state index < -0.39 is 4.92 Å². The fraction of sp³-hybridized carbons (Fsp3) is 0.455. The summed E-state index contributed by atoms with van der Waals surface area (Å²) in [6.45, 7) is 2.17. The molecule has 1 atom stereocenters. The fourth-order valence-electron chi connectivity index (χ4n) is 1.49. The summed E-state index contributed by atoms with van der Waals surface area (Å²) >= 11 is 0. The quantitative estimate of drug-likeness (QED) is 0.608. The number of nitro benzene ring substituents is 1. The van der Waals surface area contributed by atoms with Crippen molar-refractivity contribution in [3.63, 3.8) is 0 Å². The molecule has 0 bridgehead atoms. The lowest BCUT2D eigenvalue weighted by Gasteiger charge is -2.14. The fourth-order valence-corrected chi connectivity index (χ4v) is 1.49. The number of nitrogens with zero attached hydrogens (tertiary/aromatic N) is 1. The van der Waals surface area contributed by atoms with E-state index in [1.165, 1.54) is 0 Å². The molecular weight excluding hydrogens is 224 g/mol. The van der Waals surface area contributed by atoms with Gasteiger partial charge >= 0.3 is 5.69 Å².